The molecular formula is C26H33N5O. The van der Waals surface area contributed by atoms with Gasteiger partial charge < -0.3 is 9.80 Å². The van der Waals surface area contributed by atoms with Crippen LogP contribution in [0, 0.1) is 0 Å². The molecule has 2 aromatic rings. The monoisotopic (exact) mass is 431 g/mol. The van der Waals surface area contributed by atoms with Crippen molar-refractivity contribution in [1.82, 2.24) is 14.9 Å². The van der Waals surface area contributed by atoms with Crippen molar-refractivity contribution in [2.75, 3.05) is 32.1 Å². The minimum atomic E-state index is 0.382. The summed E-state index contributed by atoms with van der Waals surface area (Å²) < 4.78 is 0. The number of nitrogens with zero attached hydrogens (tertiary/aromatic N) is 5. The average molecular weight is 432 g/mol. The fourth-order valence-corrected chi connectivity index (χ4v) is 3.81. The van der Waals surface area contributed by atoms with E-state index in [9.17, 15) is 4.79 Å². The van der Waals surface area contributed by atoms with Gasteiger partial charge in [0.05, 0.1) is 5.70 Å². The summed E-state index contributed by atoms with van der Waals surface area (Å²) in [6.07, 6.45) is 7.67. The van der Waals surface area contributed by atoms with Crippen molar-refractivity contribution < 1.29 is 4.79 Å². The molecule has 1 fully saturated rings. The van der Waals surface area contributed by atoms with E-state index < -0.39 is 0 Å². The molecule has 32 heavy (non-hydrogen) atoms. The van der Waals surface area contributed by atoms with E-state index in [0.717, 1.165) is 55.9 Å². The molecule has 2 heterocycles. The number of aromatic nitrogens is 2. The van der Waals surface area contributed by atoms with E-state index in [1.807, 2.05) is 25.1 Å². The third kappa shape index (κ3) is 5.69. The summed E-state index contributed by atoms with van der Waals surface area (Å²) in [7, 11) is 3.98. The van der Waals surface area contributed by atoms with Crippen molar-refractivity contribution >= 4 is 24.0 Å². The van der Waals surface area contributed by atoms with E-state index in [4.69, 9.17) is 4.99 Å². The largest absolute Gasteiger partial charge is 0.362 e. The highest BCUT2D eigenvalue weighted by molar-refractivity contribution is 6.00. The molecular weight excluding hydrogens is 398 g/mol. The summed E-state index contributed by atoms with van der Waals surface area (Å²) >= 11 is 0. The van der Waals surface area contributed by atoms with E-state index in [1.54, 1.807) is 18.2 Å². The highest BCUT2D eigenvalue weighted by Gasteiger charge is 2.16. The van der Waals surface area contributed by atoms with Gasteiger partial charge in [-0.1, -0.05) is 44.7 Å². The fourth-order valence-electron chi connectivity index (χ4n) is 3.81. The Balaban J connectivity index is 1.89. The smallest absolute Gasteiger partial charge is 0.168 e. The molecule has 3 rings (SSSR count). The minimum absolute atomic E-state index is 0.382. The second-order valence-corrected chi connectivity index (χ2v) is 8.37. The number of allylic oxidation sites excluding steroid dienone is 1. The lowest BCUT2D eigenvalue weighted by Gasteiger charge is -2.21. The van der Waals surface area contributed by atoms with Crippen LogP contribution in [0.2, 0.25) is 0 Å². The molecule has 1 atom stereocenters. The predicted octanol–water partition coefficient (Wildman–Crippen LogP) is 4.94. The van der Waals surface area contributed by atoms with Gasteiger partial charge >= 0.3 is 0 Å². The van der Waals surface area contributed by atoms with E-state index >= 15 is 0 Å². The molecule has 1 aliphatic heterocycles. The number of amidine groups is 1. The van der Waals surface area contributed by atoms with E-state index in [2.05, 4.69) is 53.5 Å². The van der Waals surface area contributed by atoms with E-state index in [-0.39, 0.29) is 0 Å². The maximum Gasteiger partial charge on any atom is 0.168 e. The first-order chi connectivity index (χ1) is 15.4. The second kappa shape index (κ2) is 10.8. The molecule has 1 aromatic heterocycles. The van der Waals surface area contributed by atoms with Gasteiger partial charge in [0.15, 0.2) is 12.1 Å². The first-order valence-corrected chi connectivity index (χ1v) is 11.2. The van der Waals surface area contributed by atoms with Crippen LogP contribution < -0.4 is 4.90 Å². The topological polar surface area (TPSA) is 61.7 Å². The molecule has 0 N–H and O–H groups in total. The first kappa shape index (κ1) is 23.4. The van der Waals surface area contributed by atoms with Crippen LogP contribution in [0.1, 0.15) is 66.5 Å². The second-order valence-electron chi connectivity index (χ2n) is 8.37. The Morgan fingerprint density at radius 1 is 1.25 bits per heavy atom. The number of aliphatic imine (C=N–C) groups is 1. The molecule has 168 valence electrons. The Morgan fingerprint density at radius 2 is 1.97 bits per heavy atom. The molecule has 0 saturated carbocycles. The van der Waals surface area contributed by atoms with Gasteiger partial charge in [0.25, 0.3) is 0 Å². The Hall–Kier alpha value is -3.28. The third-order valence-corrected chi connectivity index (χ3v) is 5.74. The molecule has 0 radical (unpaired) electrons. The molecule has 6 nitrogen and oxygen atoms in total. The normalized spacial score (nSPS) is 15.2. The minimum Gasteiger partial charge on any atom is -0.362 e. The summed E-state index contributed by atoms with van der Waals surface area (Å²) in [6, 6.07) is 10.1. The summed E-state index contributed by atoms with van der Waals surface area (Å²) in [5, 5.41) is 0. The lowest BCUT2D eigenvalue weighted by atomic mass is 9.93. The Bertz CT molecular complexity index is 1020. The standard InChI is InChI=1S/C26H33N5O/c1-6-19(2)22-11-7-8-12-23(22)26(30(4)5)27-20(3)13-14-24-28-21(18-32)17-25(29-24)31-15-9-10-16-31/h7-8,11-14,17-19H,3,6,9-10,15-16H2,1-2,4-5H3/b14-13+,27-26?. The molecule has 1 unspecified atom stereocenters. The van der Waals surface area contributed by atoms with Crippen LogP contribution in [0.4, 0.5) is 5.82 Å². The molecule has 0 spiro atoms. The molecule has 6 heteroatoms. The zero-order valence-corrected chi connectivity index (χ0v) is 19.6. The van der Waals surface area contributed by atoms with Gasteiger partial charge in [0.2, 0.25) is 0 Å². The van der Waals surface area contributed by atoms with Crippen LogP contribution in [0.25, 0.3) is 6.08 Å². The number of carbonyl (C=O) groups excluding carboxylic acids is 1. The van der Waals surface area contributed by atoms with E-state index in [1.165, 1.54) is 5.56 Å². The molecule has 0 bridgehead atoms. The number of benzene rings is 1. The summed E-state index contributed by atoms with van der Waals surface area (Å²) in [5.41, 5.74) is 3.36. The molecule has 1 saturated heterocycles. The highest BCUT2D eigenvalue weighted by Crippen LogP contribution is 2.24. The van der Waals surface area contributed by atoms with Gasteiger partial charge in [-0.2, -0.15) is 0 Å². The Kier molecular flexibility index (Phi) is 7.92. The lowest BCUT2D eigenvalue weighted by molar-refractivity contribution is 0.111. The first-order valence-electron chi connectivity index (χ1n) is 11.2. The summed E-state index contributed by atoms with van der Waals surface area (Å²) in [4.78, 5) is 29.3. The zero-order valence-electron chi connectivity index (χ0n) is 19.6. The van der Waals surface area contributed by atoms with Crippen molar-refractivity contribution in [2.45, 2.75) is 39.0 Å². The SMILES string of the molecule is C=C(/C=C/c1nc(C=O)cc(N2CCCC2)n1)N=C(c1ccccc1C(C)CC)N(C)C. The summed E-state index contributed by atoms with van der Waals surface area (Å²) in [5.74, 6) is 2.57. The third-order valence-electron chi connectivity index (χ3n) is 5.74. The van der Waals surface area contributed by atoms with Gasteiger partial charge in [-0.15, -0.1) is 0 Å². The number of hydrogen-bond donors (Lipinski definition) is 0. The van der Waals surface area contributed by atoms with Crippen LogP contribution in [0.5, 0.6) is 0 Å². The number of aldehydes is 1. The predicted molar refractivity (Wildman–Crippen MR) is 132 cm³/mol. The Labute approximate surface area is 191 Å². The number of hydrogen-bond acceptors (Lipinski definition) is 5. The quantitative estimate of drug-likeness (QED) is 0.256. The van der Waals surface area contributed by atoms with Gasteiger partial charge in [-0.05, 0) is 42.9 Å². The van der Waals surface area contributed by atoms with Crippen LogP contribution in [-0.2, 0) is 0 Å². The van der Waals surface area contributed by atoms with Crippen molar-refractivity contribution in [2.24, 2.45) is 4.99 Å². The van der Waals surface area contributed by atoms with Gasteiger partial charge in [-0.25, -0.2) is 15.0 Å². The summed E-state index contributed by atoms with van der Waals surface area (Å²) in [6.45, 7) is 10.5. The van der Waals surface area contributed by atoms with Crippen LogP contribution in [0.15, 0.2) is 53.7 Å². The number of carbonyl (C=O) groups is 1. The number of rotatable bonds is 8. The highest BCUT2D eigenvalue weighted by atomic mass is 16.1. The van der Waals surface area contributed by atoms with Gasteiger partial charge in [0.1, 0.15) is 17.3 Å². The maximum atomic E-state index is 11.4. The zero-order chi connectivity index (χ0) is 23.1. The molecule has 1 aromatic carbocycles. The van der Waals surface area contributed by atoms with Crippen LogP contribution in [-0.4, -0.2) is 54.2 Å². The molecule has 0 aliphatic carbocycles. The van der Waals surface area contributed by atoms with Crippen molar-refractivity contribution in [3.8, 4) is 0 Å². The Morgan fingerprint density at radius 3 is 2.62 bits per heavy atom. The van der Waals surface area contributed by atoms with Crippen molar-refractivity contribution in [3.63, 3.8) is 0 Å². The lowest BCUT2D eigenvalue weighted by Crippen LogP contribution is -2.24. The van der Waals surface area contributed by atoms with Crippen LogP contribution >= 0.6 is 0 Å². The van der Waals surface area contributed by atoms with Crippen molar-refractivity contribution in [3.05, 3.63) is 71.3 Å². The molecule has 1 aliphatic rings. The molecule has 0 amide bonds. The van der Waals surface area contributed by atoms with Crippen molar-refractivity contribution in [1.29, 1.82) is 0 Å². The van der Waals surface area contributed by atoms with Gasteiger partial charge in [-0.3, -0.25) is 4.79 Å². The van der Waals surface area contributed by atoms with Gasteiger partial charge in [0, 0.05) is 38.8 Å². The maximum absolute atomic E-state index is 11.4. The van der Waals surface area contributed by atoms with Crippen LogP contribution in [0.3, 0.4) is 0 Å². The fraction of sp³-hybridized carbons (Fsp3) is 0.385. The van der Waals surface area contributed by atoms with E-state index in [0.29, 0.717) is 23.1 Å². The average Bonchev–Trinajstić information content (AvgIpc) is 3.35. The number of anilines is 1.